The Bertz CT molecular complexity index is 763. The molecule has 0 aliphatic carbocycles. The van der Waals surface area contributed by atoms with Crippen molar-refractivity contribution in [2.24, 2.45) is 0 Å². The Morgan fingerprint density at radius 3 is 3.20 bits per heavy atom. The first-order chi connectivity index (χ1) is 9.88. The number of nitrogens with zero attached hydrogens (tertiary/aromatic N) is 1. The van der Waals surface area contributed by atoms with Crippen LogP contribution < -0.4 is 10.1 Å². The van der Waals surface area contributed by atoms with Gasteiger partial charge in [0.05, 0.1) is 18.3 Å². The molecule has 0 amide bonds. The minimum atomic E-state index is 0.808. The van der Waals surface area contributed by atoms with Crippen molar-refractivity contribution in [1.29, 1.82) is 0 Å². The van der Waals surface area contributed by atoms with Gasteiger partial charge in [-0.05, 0) is 35.4 Å². The van der Waals surface area contributed by atoms with Crippen LogP contribution in [-0.2, 0) is 13.0 Å². The molecule has 3 aromatic rings. The number of benzene rings is 2. The summed E-state index contributed by atoms with van der Waals surface area (Å²) in [6, 6.07) is 12.6. The van der Waals surface area contributed by atoms with Crippen LogP contribution in [0.25, 0.3) is 10.9 Å². The molecule has 0 unspecified atom stereocenters. The summed E-state index contributed by atoms with van der Waals surface area (Å²) in [5, 5.41) is 11.6. The lowest BCUT2D eigenvalue weighted by Gasteiger charge is -2.08. The van der Waals surface area contributed by atoms with Crippen LogP contribution in [0.3, 0.4) is 0 Å². The molecule has 4 nitrogen and oxygen atoms in total. The summed E-state index contributed by atoms with van der Waals surface area (Å²) in [7, 11) is 0. The van der Waals surface area contributed by atoms with Gasteiger partial charge in [-0.3, -0.25) is 5.10 Å². The fourth-order valence-electron chi connectivity index (χ4n) is 2.60. The fourth-order valence-corrected chi connectivity index (χ4v) is 2.60. The quantitative estimate of drug-likeness (QED) is 0.765. The molecule has 20 heavy (non-hydrogen) atoms. The molecule has 2 aromatic carbocycles. The van der Waals surface area contributed by atoms with Gasteiger partial charge in [0.15, 0.2) is 0 Å². The number of anilines is 1. The standard InChI is InChI=1S/C16H15N3O/c1-4-16-12(5-6-20-16)7-11(1)9-17-14-3-2-13-10-18-19-15(13)8-14/h1-4,7-8,10,17H,5-6,9H2,(H,18,19). The van der Waals surface area contributed by atoms with Crippen molar-refractivity contribution in [3.05, 3.63) is 53.7 Å². The monoisotopic (exact) mass is 265 g/mol. The number of nitrogens with one attached hydrogen (secondary N) is 2. The van der Waals surface area contributed by atoms with Crippen LogP contribution in [0.4, 0.5) is 5.69 Å². The number of fused-ring (bicyclic) bond motifs is 2. The lowest BCUT2D eigenvalue weighted by molar-refractivity contribution is 0.357. The Morgan fingerprint density at radius 2 is 2.20 bits per heavy atom. The highest BCUT2D eigenvalue weighted by Crippen LogP contribution is 2.26. The van der Waals surface area contributed by atoms with Crippen molar-refractivity contribution in [3.8, 4) is 5.75 Å². The Balaban J connectivity index is 1.52. The fraction of sp³-hybridized carbons (Fsp3) is 0.188. The van der Waals surface area contributed by atoms with Gasteiger partial charge in [-0.2, -0.15) is 5.10 Å². The van der Waals surface area contributed by atoms with E-state index >= 15 is 0 Å². The minimum absolute atomic E-state index is 0.808. The first kappa shape index (κ1) is 11.3. The molecule has 0 atom stereocenters. The molecule has 4 heteroatoms. The second kappa shape index (κ2) is 4.56. The molecule has 0 spiro atoms. The molecule has 2 heterocycles. The normalized spacial score (nSPS) is 13.2. The van der Waals surface area contributed by atoms with Crippen LogP contribution in [0.2, 0.25) is 0 Å². The molecular formula is C16H15N3O. The van der Waals surface area contributed by atoms with E-state index in [0.29, 0.717) is 0 Å². The number of aromatic nitrogens is 2. The van der Waals surface area contributed by atoms with Gasteiger partial charge in [0, 0.05) is 24.0 Å². The summed E-state index contributed by atoms with van der Waals surface area (Å²) in [4.78, 5) is 0. The summed E-state index contributed by atoms with van der Waals surface area (Å²) >= 11 is 0. The smallest absolute Gasteiger partial charge is 0.122 e. The topological polar surface area (TPSA) is 49.9 Å². The maximum atomic E-state index is 5.52. The summed E-state index contributed by atoms with van der Waals surface area (Å²) in [6.07, 6.45) is 2.85. The van der Waals surface area contributed by atoms with E-state index in [2.05, 4.69) is 51.9 Å². The predicted molar refractivity (Wildman–Crippen MR) is 79.1 cm³/mol. The summed E-state index contributed by atoms with van der Waals surface area (Å²) in [5.74, 6) is 1.03. The Morgan fingerprint density at radius 1 is 1.20 bits per heavy atom. The van der Waals surface area contributed by atoms with E-state index in [1.807, 2.05) is 6.20 Å². The molecule has 100 valence electrons. The van der Waals surface area contributed by atoms with Gasteiger partial charge in [-0.25, -0.2) is 0 Å². The molecule has 0 fully saturated rings. The van der Waals surface area contributed by atoms with E-state index in [1.165, 1.54) is 11.1 Å². The van der Waals surface area contributed by atoms with Crippen LogP contribution in [0, 0.1) is 0 Å². The number of hydrogen-bond donors (Lipinski definition) is 2. The predicted octanol–water partition coefficient (Wildman–Crippen LogP) is 3.11. The maximum Gasteiger partial charge on any atom is 0.122 e. The Labute approximate surface area is 116 Å². The van der Waals surface area contributed by atoms with Crippen LogP contribution in [-0.4, -0.2) is 16.8 Å². The van der Waals surface area contributed by atoms with Gasteiger partial charge in [0.25, 0.3) is 0 Å². The highest BCUT2D eigenvalue weighted by Gasteiger charge is 2.11. The van der Waals surface area contributed by atoms with E-state index in [-0.39, 0.29) is 0 Å². The van der Waals surface area contributed by atoms with Crippen LogP contribution in [0.1, 0.15) is 11.1 Å². The summed E-state index contributed by atoms with van der Waals surface area (Å²) in [5.41, 5.74) is 4.74. The highest BCUT2D eigenvalue weighted by atomic mass is 16.5. The zero-order valence-corrected chi connectivity index (χ0v) is 11.0. The molecule has 1 aromatic heterocycles. The number of hydrogen-bond acceptors (Lipinski definition) is 3. The zero-order chi connectivity index (χ0) is 13.4. The van der Waals surface area contributed by atoms with Crippen molar-refractivity contribution < 1.29 is 4.74 Å². The molecule has 4 rings (SSSR count). The van der Waals surface area contributed by atoms with Crippen molar-refractivity contribution in [2.45, 2.75) is 13.0 Å². The van der Waals surface area contributed by atoms with Gasteiger partial charge in [-0.15, -0.1) is 0 Å². The molecular weight excluding hydrogens is 250 g/mol. The third-order valence-electron chi connectivity index (χ3n) is 3.69. The molecule has 1 aliphatic heterocycles. The molecule has 2 N–H and O–H groups in total. The largest absolute Gasteiger partial charge is 0.493 e. The third kappa shape index (κ3) is 1.99. The van der Waals surface area contributed by atoms with E-state index in [9.17, 15) is 0 Å². The van der Waals surface area contributed by atoms with E-state index in [0.717, 1.165) is 41.9 Å². The lowest BCUT2D eigenvalue weighted by atomic mass is 10.1. The number of H-pyrrole nitrogens is 1. The van der Waals surface area contributed by atoms with Crippen LogP contribution >= 0.6 is 0 Å². The maximum absolute atomic E-state index is 5.52. The number of ether oxygens (including phenoxy) is 1. The Kier molecular flexibility index (Phi) is 2.59. The van der Waals surface area contributed by atoms with E-state index in [4.69, 9.17) is 4.74 Å². The minimum Gasteiger partial charge on any atom is -0.493 e. The number of rotatable bonds is 3. The van der Waals surface area contributed by atoms with E-state index < -0.39 is 0 Å². The molecule has 0 saturated heterocycles. The zero-order valence-electron chi connectivity index (χ0n) is 11.0. The van der Waals surface area contributed by atoms with Crippen LogP contribution in [0.5, 0.6) is 5.75 Å². The summed E-state index contributed by atoms with van der Waals surface area (Å²) < 4.78 is 5.52. The average molecular weight is 265 g/mol. The number of aromatic amines is 1. The average Bonchev–Trinajstić information content (AvgIpc) is 3.12. The first-order valence-corrected chi connectivity index (χ1v) is 6.80. The van der Waals surface area contributed by atoms with Gasteiger partial charge >= 0.3 is 0 Å². The van der Waals surface area contributed by atoms with Crippen molar-refractivity contribution in [3.63, 3.8) is 0 Å². The second-order valence-electron chi connectivity index (χ2n) is 5.07. The van der Waals surface area contributed by atoms with Gasteiger partial charge < -0.3 is 10.1 Å². The second-order valence-corrected chi connectivity index (χ2v) is 5.07. The van der Waals surface area contributed by atoms with Gasteiger partial charge in [0.2, 0.25) is 0 Å². The highest BCUT2D eigenvalue weighted by molar-refractivity contribution is 5.81. The van der Waals surface area contributed by atoms with Crippen molar-refractivity contribution in [1.82, 2.24) is 10.2 Å². The van der Waals surface area contributed by atoms with Crippen molar-refractivity contribution in [2.75, 3.05) is 11.9 Å². The molecule has 1 aliphatic rings. The van der Waals surface area contributed by atoms with Gasteiger partial charge in [-0.1, -0.05) is 12.1 Å². The Hall–Kier alpha value is -2.49. The van der Waals surface area contributed by atoms with E-state index in [1.54, 1.807) is 0 Å². The molecule has 0 radical (unpaired) electrons. The molecule has 0 bridgehead atoms. The third-order valence-corrected chi connectivity index (χ3v) is 3.69. The first-order valence-electron chi connectivity index (χ1n) is 6.80. The lowest BCUT2D eigenvalue weighted by Crippen LogP contribution is -1.99. The SMILES string of the molecule is c1cc2c(cc1CNc1ccc3cn[nH]c3c1)CCO2. The van der Waals surface area contributed by atoms with Gasteiger partial charge in [0.1, 0.15) is 5.75 Å². The molecule has 0 saturated carbocycles. The van der Waals surface area contributed by atoms with Crippen molar-refractivity contribution >= 4 is 16.6 Å². The van der Waals surface area contributed by atoms with Crippen LogP contribution in [0.15, 0.2) is 42.6 Å². The summed E-state index contributed by atoms with van der Waals surface area (Å²) in [6.45, 7) is 1.62.